The number of nitrogens with one attached hydrogen (secondary N) is 1. The fourth-order valence-electron chi connectivity index (χ4n) is 3.81. The van der Waals surface area contributed by atoms with Crippen molar-refractivity contribution in [3.63, 3.8) is 0 Å². The minimum Gasteiger partial charge on any atom is -0.406 e. The third-order valence-electron chi connectivity index (χ3n) is 5.20. The topological polar surface area (TPSA) is 24.5 Å². The van der Waals surface area contributed by atoms with E-state index in [0.717, 1.165) is 47.1 Å². The van der Waals surface area contributed by atoms with E-state index in [1.807, 2.05) is 36.4 Å². The Morgan fingerprint density at radius 3 is 2.12 bits per heavy atom. The van der Waals surface area contributed by atoms with Crippen molar-refractivity contribution in [2.24, 2.45) is 0 Å². The SMILES string of the molecule is Cl.Cl.FC(F)(F)Oc1ccc([C@@H](c2ccccc2Sc2ccc(Cl)cc2)N2CCNCC2)cc1. The van der Waals surface area contributed by atoms with Crippen LogP contribution in [0.25, 0.3) is 0 Å². The monoisotopic (exact) mass is 550 g/mol. The van der Waals surface area contributed by atoms with Crippen LogP contribution in [0.15, 0.2) is 82.6 Å². The van der Waals surface area contributed by atoms with Gasteiger partial charge in [-0.2, -0.15) is 0 Å². The van der Waals surface area contributed by atoms with Gasteiger partial charge < -0.3 is 10.1 Å². The average Bonchev–Trinajstić information content (AvgIpc) is 2.78. The lowest BCUT2D eigenvalue weighted by Crippen LogP contribution is -2.45. The van der Waals surface area contributed by atoms with E-state index in [0.29, 0.717) is 5.02 Å². The molecule has 0 bridgehead atoms. The van der Waals surface area contributed by atoms with E-state index in [2.05, 4.69) is 27.1 Å². The maximum atomic E-state index is 12.6. The van der Waals surface area contributed by atoms with Crippen LogP contribution in [0.2, 0.25) is 5.02 Å². The van der Waals surface area contributed by atoms with Crippen molar-refractivity contribution >= 4 is 48.2 Å². The highest BCUT2D eigenvalue weighted by atomic mass is 35.5. The molecular formula is C24H24Cl3F3N2OS. The Kier molecular flexibility index (Phi) is 10.9. The molecule has 0 unspecified atom stereocenters. The van der Waals surface area contributed by atoms with Crippen molar-refractivity contribution < 1.29 is 17.9 Å². The molecule has 1 N–H and O–H groups in total. The molecule has 184 valence electrons. The first-order valence-corrected chi connectivity index (χ1v) is 11.4. The number of nitrogens with zero attached hydrogens (tertiary/aromatic N) is 1. The Bertz CT molecular complexity index is 1030. The zero-order valence-corrected chi connectivity index (χ0v) is 21.1. The van der Waals surface area contributed by atoms with Crippen LogP contribution in [-0.2, 0) is 0 Å². The van der Waals surface area contributed by atoms with E-state index < -0.39 is 6.36 Å². The average molecular weight is 552 g/mol. The summed E-state index contributed by atoms with van der Waals surface area (Å²) in [5.41, 5.74) is 2.03. The molecule has 0 spiro atoms. The van der Waals surface area contributed by atoms with Crippen LogP contribution >= 0.6 is 48.2 Å². The van der Waals surface area contributed by atoms with E-state index in [4.69, 9.17) is 11.6 Å². The quantitative estimate of drug-likeness (QED) is 0.349. The summed E-state index contributed by atoms with van der Waals surface area (Å²) in [5.74, 6) is -0.218. The molecule has 1 aliphatic rings. The van der Waals surface area contributed by atoms with Gasteiger partial charge in [0.2, 0.25) is 0 Å². The van der Waals surface area contributed by atoms with E-state index in [1.165, 1.54) is 12.1 Å². The predicted molar refractivity (Wildman–Crippen MR) is 136 cm³/mol. The molecule has 1 atom stereocenters. The Morgan fingerprint density at radius 2 is 1.50 bits per heavy atom. The molecule has 34 heavy (non-hydrogen) atoms. The Morgan fingerprint density at radius 1 is 0.882 bits per heavy atom. The van der Waals surface area contributed by atoms with Crippen LogP contribution < -0.4 is 10.1 Å². The van der Waals surface area contributed by atoms with Crippen LogP contribution in [0, 0.1) is 0 Å². The van der Waals surface area contributed by atoms with Crippen molar-refractivity contribution in [2.75, 3.05) is 26.2 Å². The van der Waals surface area contributed by atoms with Crippen molar-refractivity contribution in [3.8, 4) is 5.75 Å². The standard InChI is InChI=1S/C24H22ClF3N2OS.2ClH/c25-18-7-11-20(12-8-18)32-22-4-2-1-3-21(22)23(30-15-13-29-14-16-30)17-5-9-19(10-6-17)31-24(26,27)28;;/h1-12,23,29H,13-16H2;2*1H/t23-;;/m0../s1. The minimum atomic E-state index is -4.71. The molecule has 0 aliphatic carbocycles. The van der Waals surface area contributed by atoms with E-state index in [1.54, 1.807) is 23.9 Å². The first-order chi connectivity index (χ1) is 15.4. The number of benzene rings is 3. The maximum absolute atomic E-state index is 12.6. The lowest BCUT2D eigenvalue weighted by Gasteiger charge is -2.36. The molecule has 1 heterocycles. The number of rotatable bonds is 6. The first kappa shape index (κ1) is 28.6. The van der Waals surface area contributed by atoms with Crippen molar-refractivity contribution in [2.45, 2.75) is 22.2 Å². The number of ether oxygens (including phenoxy) is 1. The molecule has 0 radical (unpaired) electrons. The lowest BCUT2D eigenvalue weighted by molar-refractivity contribution is -0.274. The van der Waals surface area contributed by atoms with Crippen molar-refractivity contribution in [3.05, 3.63) is 88.9 Å². The third kappa shape index (κ3) is 7.70. The molecule has 0 aromatic heterocycles. The van der Waals surface area contributed by atoms with Gasteiger partial charge in [0.25, 0.3) is 0 Å². The summed E-state index contributed by atoms with van der Waals surface area (Å²) in [4.78, 5) is 4.51. The summed E-state index contributed by atoms with van der Waals surface area (Å²) in [6.45, 7) is 3.40. The summed E-state index contributed by atoms with van der Waals surface area (Å²) < 4.78 is 41.8. The van der Waals surface area contributed by atoms with Crippen molar-refractivity contribution in [1.82, 2.24) is 10.2 Å². The van der Waals surface area contributed by atoms with E-state index >= 15 is 0 Å². The fourth-order valence-corrected chi connectivity index (χ4v) is 4.90. The highest BCUT2D eigenvalue weighted by molar-refractivity contribution is 7.99. The maximum Gasteiger partial charge on any atom is 0.573 e. The van der Waals surface area contributed by atoms with Gasteiger partial charge in [0, 0.05) is 41.0 Å². The predicted octanol–water partition coefficient (Wildman–Crippen LogP) is 7.23. The molecule has 0 saturated carbocycles. The number of halogens is 6. The zero-order chi connectivity index (χ0) is 22.6. The molecule has 1 saturated heterocycles. The Balaban J connectivity index is 0.00000204. The van der Waals surface area contributed by atoms with Crippen LogP contribution in [0.3, 0.4) is 0 Å². The summed E-state index contributed by atoms with van der Waals surface area (Å²) in [6.07, 6.45) is -4.71. The molecular weight excluding hydrogens is 528 g/mol. The van der Waals surface area contributed by atoms with Crippen LogP contribution in [-0.4, -0.2) is 37.4 Å². The molecule has 3 aromatic rings. The molecule has 3 nitrogen and oxygen atoms in total. The summed E-state index contributed by atoms with van der Waals surface area (Å²) >= 11 is 7.67. The van der Waals surface area contributed by atoms with Crippen LogP contribution in [0.1, 0.15) is 17.2 Å². The Labute approximate surface area is 218 Å². The highest BCUT2D eigenvalue weighted by Crippen LogP contribution is 2.39. The van der Waals surface area contributed by atoms with Crippen molar-refractivity contribution in [1.29, 1.82) is 0 Å². The van der Waals surface area contributed by atoms with Gasteiger partial charge in [-0.3, -0.25) is 4.90 Å². The minimum absolute atomic E-state index is 0. The molecule has 3 aromatic carbocycles. The molecule has 4 rings (SSSR count). The van der Waals surface area contributed by atoms with Crippen LogP contribution in [0.5, 0.6) is 5.75 Å². The highest BCUT2D eigenvalue weighted by Gasteiger charge is 2.31. The number of hydrogen-bond donors (Lipinski definition) is 1. The molecule has 1 aliphatic heterocycles. The van der Waals surface area contributed by atoms with Gasteiger partial charge in [-0.1, -0.05) is 53.7 Å². The summed E-state index contributed by atoms with van der Waals surface area (Å²) in [6, 6.07) is 22.0. The van der Waals surface area contributed by atoms with E-state index in [9.17, 15) is 13.2 Å². The number of hydrogen-bond acceptors (Lipinski definition) is 4. The number of alkyl halides is 3. The summed E-state index contributed by atoms with van der Waals surface area (Å²) in [7, 11) is 0. The normalized spacial score (nSPS) is 15.1. The fraction of sp³-hybridized carbons (Fsp3) is 0.250. The van der Waals surface area contributed by atoms with E-state index in [-0.39, 0.29) is 36.6 Å². The molecule has 1 fully saturated rings. The van der Waals surface area contributed by atoms with Gasteiger partial charge in [-0.15, -0.1) is 38.0 Å². The number of piperazine rings is 1. The van der Waals surface area contributed by atoms with Gasteiger partial charge >= 0.3 is 6.36 Å². The van der Waals surface area contributed by atoms with Gasteiger partial charge in [0.15, 0.2) is 0 Å². The van der Waals surface area contributed by atoms with Gasteiger partial charge in [-0.25, -0.2) is 0 Å². The van der Waals surface area contributed by atoms with Gasteiger partial charge in [0.05, 0.1) is 6.04 Å². The zero-order valence-electron chi connectivity index (χ0n) is 17.9. The van der Waals surface area contributed by atoms with Gasteiger partial charge in [-0.05, 0) is 53.6 Å². The molecule has 10 heteroatoms. The van der Waals surface area contributed by atoms with Crippen LogP contribution in [0.4, 0.5) is 13.2 Å². The second-order valence-electron chi connectivity index (χ2n) is 7.40. The third-order valence-corrected chi connectivity index (χ3v) is 6.55. The first-order valence-electron chi connectivity index (χ1n) is 10.2. The second-order valence-corrected chi connectivity index (χ2v) is 8.95. The Hall–Kier alpha value is -1.61. The molecule has 0 amide bonds. The van der Waals surface area contributed by atoms with Gasteiger partial charge in [0.1, 0.15) is 5.75 Å². The lowest BCUT2D eigenvalue weighted by atomic mass is 9.96. The summed E-state index contributed by atoms with van der Waals surface area (Å²) in [5, 5.41) is 4.05. The smallest absolute Gasteiger partial charge is 0.406 e. The largest absolute Gasteiger partial charge is 0.573 e. The second kappa shape index (κ2) is 12.9.